The lowest BCUT2D eigenvalue weighted by atomic mass is 9.82. The number of nitrogens with zero attached hydrogens (tertiary/aromatic N) is 1. The van der Waals surface area contributed by atoms with E-state index in [4.69, 9.17) is 5.73 Å². The highest BCUT2D eigenvalue weighted by Crippen LogP contribution is 2.41. The summed E-state index contributed by atoms with van der Waals surface area (Å²) in [5.41, 5.74) is 7.77. The van der Waals surface area contributed by atoms with E-state index in [1.807, 2.05) is 12.1 Å². The molecule has 3 rings (SSSR count). The zero-order valence-electron chi connectivity index (χ0n) is 20.6. The molecule has 1 aliphatic carbocycles. The maximum absolute atomic E-state index is 13.4. The molecule has 0 unspecified atom stereocenters. The van der Waals surface area contributed by atoms with Crippen LogP contribution in [-0.4, -0.2) is 29.3 Å². The summed E-state index contributed by atoms with van der Waals surface area (Å²) in [4.78, 5) is 14.6. The van der Waals surface area contributed by atoms with Crippen molar-refractivity contribution in [3.05, 3.63) is 60.2 Å². The van der Waals surface area contributed by atoms with Crippen LogP contribution in [-0.2, 0) is 11.2 Å². The second-order valence-electron chi connectivity index (χ2n) is 9.93. The van der Waals surface area contributed by atoms with Crippen LogP contribution in [0.1, 0.15) is 64.9 Å². The van der Waals surface area contributed by atoms with Crippen molar-refractivity contribution in [2.75, 3.05) is 18.8 Å². The first kappa shape index (κ1) is 25.6. The molecule has 0 bridgehead atoms. The van der Waals surface area contributed by atoms with E-state index in [0.717, 1.165) is 50.9 Å². The Kier molecular flexibility index (Phi) is 9.69. The molecule has 33 heavy (non-hydrogen) atoms. The van der Waals surface area contributed by atoms with Gasteiger partial charge < -0.3 is 11.1 Å². The number of hydrogen-bond acceptors (Lipinski definition) is 4. The molecular formula is C28H41N3OS. The van der Waals surface area contributed by atoms with Crippen molar-refractivity contribution in [3.8, 4) is 0 Å². The van der Waals surface area contributed by atoms with Crippen LogP contribution in [0, 0.1) is 11.3 Å². The van der Waals surface area contributed by atoms with E-state index < -0.39 is 0 Å². The molecule has 2 aromatic rings. The Morgan fingerprint density at radius 3 is 2.36 bits per heavy atom. The van der Waals surface area contributed by atoms with E-state index in [1.54, 1.807) is 11.9 Å². The van der Waals surface area contributed by atoms with E-state index >= 15 is 0 Å². The van der Waals surface area contributed by atoms with Gasteiger partial charge in [-0.1, -0.05) is 63.9 Å². The molecule has 0 spiro atoms. The van der Waals surface area contributed by atoms with E-state index in [-0.39, 0.29) is 17.4 Å². The summed E-state index contributed by atoms with van der Waals surface area (Å²) in [6, 6.07) is 18.8. The largest absolute Gasteiger partial charge is 0.399 e. The highest BCUT2D eigenvalue weighted by Gasteiger charge is 2.39. The minimum absolute atomic E-state index is 0.130. The van der Waals surface area contributed by atoms with Gasteiger partial charge in [-0.15, -0.1) is 0 Å². The second-order valence-corrected chi connectivity index (χ2v) is 11.1. The average Bonchev–Trinajstić information content (AvgIpc) is 3.30. The molecule has 5 heteroatoms. The predicted octanol–water partition coefficient (Wildman–Crippen LogP) is 6.32. The normalized spacial score (nSPS) is 16.3. The van der Waals surface area contributed by atoms with Crippen LogP contribution in [0.2, 0.25) is 0 Å². The van der Waals surface area contributed by atoms with E-state index in [0.29, 0.717) is 5.92 Å². The molecule has 2 aromatic carbocycles. The molecule has 1 amide bonds. The maximum atomic E-state index is 13.4. The van der Waals surface area contributed by atoms with Gasteiger partial charge in [-0.05, 0) is 79.8 Å². The van der Waals surface area contributed by atoms with Crippen molar-refractivity contribution in [1.82, 2.24) is 9.62 Å². The number of anilines is 1. The van der Waals surface area contributed by atoms with Gasteiger partial charge in [0.2, 0.25) is 5.91 Å². The quantitative estimate of drug-likeness (QED) is 0.283. The zero-order chi connectivity index (χ0) is 23.7. The second kappa shape index (κ2) is 12.5. The lowest BCUT2D eigenvalue weighted by molar-refractivity contribution is -0.131. The van der Waals surface area contributed by atoms with Gasteiger partial charge >= 0.3 is 0 Å². The molecule has 0 saturated heterocycles. The molecule has 1 atom stereocenters. The van der Waals surface area contributed by atoms with Gasteiger partial charge in [0.1, 0.15) is 0 Å². The fraction of sp³-hybridized carbons (Fsp3) is 0.536. The summed E-state index contributed by atoms with van der Waals surface area (Å²) in [6.45, 7) is 8.60. The van der Waals surface area contributed by atoms with Crippen LogP contribution in [0.5, 0.6) is 0 Å². The van der Waals surface area contributed by atoms with Gasteiger partial charge in [0.15, 0.2) is 0 Å². The number of rotatable bonds is 12. The number of nitrogen functional groups attached to an aromatic ring is 1. The number of carbonyl (C=O) groups excluding carboxylic acids is 1. The first-order valence-electron chi connectivity index (χ1n) is 12.5. The van der Waals surface area contributed by atoms with E-state index in [9.17, 15) is 4.79 Å². The van der Waals surface area contributed by atoms with Crippen LogP contribution in [0.4, 0.5) is 5.69 Å². The van der Waals surface area contributed by atoms with Crippen molar-refractivity contribution in [1.29, 1.82) is 0 Å². The van der Waals surface area contributed by atoms with Crippen molar-refractivity contribution in [2.45, 2.75) is 76.7 Å². The third kappa shape index (κ3) is 7.79. The molecule has 0 heterocycles. The Morgan fingerprint density at radius 2 is 1.76 bits per heavy atom. The van der Waals surface area contributed by atoms with Gasteiger partial charge in [-0.2, -0.15) is 0 Å². The van der Waals surface area contributed by atoms with Crippen LogP contribution < -0.4 is 11.1 Å². The van der Waals surface area contributed by atoms with Crippen molar-refractivity contribution in [2.24, 2.45) is 11.3 Å². The fourth-order valence-electron chi connectivity index (χ4n) is 4.81. The zero-order valence-corrected chi connectivity index (χ0v) is 21.4. The van der Waals surface area contributed by atoms with Gasteiger partial charge in [-0.25, -0.2) is 4.31 Å². The Labute approximate surface area is 204 Å². The monoisotopic (exact) mass is 467 g/mol. The first-order valence-corrected chi connectivity index (χ1v) is 13.3. The Balaban J connectivity index is 1.69. The van der Waals surface area contributed by atoms with Crippen molar-refractivity contribution >= 4 is 23.5 Å². The molecule has 4 nitrogen and oxygen atoms in total. The minimum Gasteiger partial charge on any atom is -0.399 e. The topological polar surface area (TPSA) is 58.4 Å². The van der Waals surface area contributed by atoms with E-state index in [2.05, 4.69) is 72.9 Å². The number of nitrogens with two attached hydrogens (primary N) is 1. The molecule has 180 valence electrons. The third-order valence-electron chi connectivity index (χ3n) is 6.79. The highest BCUT2D eigenvalue weighted by molar-refractivity contribution is 7.97. The van der Waals surface area contributed by atoms with Crippen LogP contribution in [0.25, 0.3) is 0 Å². The first-order chi connectivity index (χ1) is 15.9. The average molecular weight is 468 g/mol. The molecule has 0 aromatic heterocycles. The fourth-order valence-corrected chi connectivity index (χ4v) is 5.94. The van der Waals surface area contributed by atoms with Gasteiger partial charge in [0.25, 0.3) is 0 Å². The summed E-state index contributed by atoms with van der Waals surface area (Å²) in [5.74, 6) is 0.834. The molecule has 1 fully saturated rings. The van der Waals surface area contributed by atoms with Gasteiger partial charge in [-0.3, -0.25) is 4.79 Å². The van der Waals surface area contributed by atoms with Crippen molar-refractivity contribution in [3.63, 3.8) is 0 Å². The Bertz CT molecular complexity index is 847. The van der Waals surface area contributed by atoms with E-state index in [1.165, 1.54) is 23.3 Å². The molecule has 1 aliphatic rings. The third-order valence-corrected chi connectivity index (χ3v) is 7.86. The molecule has 0 aliphatic heterocycles. The van der Waals surface area contributed by atoms with Gasteiger partial charge in [0.05, 0.1) is 0 Å². The minimum atomic E-state index is -0.161. The number of carbonyl (C=O) groups is 1. The van der Waals surface area contributed by atoms with Crippen LogP contribution in [0.15, 0.2) is 59.5 Å². The lowest BCUT2D eigenvalue weighted by Crippen LogP contribution is -2.46. The molecular weight excluding hydrogens is 426 g/mol. The molecule has 0 radical (unpaired) electrons. The highest BCUT2D eigenvalue weighted by atomic mass is 32.2. The summed E-state index contributed by atoms with van der Waals surface area (Å²) in [6.07, 6.45) is 7.13. The summed E-state index contributed by atoms with van der Waals surface area (Å²) >= 11 is 1.79. The number of hydrogen-bond donors (Lipinski definition) is 2. The summed E-state index contributed by atoms with van der Waals surface area (Å²) in [7, 11) is 0. The summed E-state index contributed by atoms with van der Waals surface area (Å²) < 4.78 is 2.44. The standard InChI is InChI=1S/C28H41N3OS/c1-4-28(17-8-9-18-28)27(32)30-25(20-23-10-6-5-7-11-23)16-19-31(21-22(2)3)33-26-14-12-24(29)13-15-26/h5-7,10-15,22,25H,4,8-9,16-21,29H2,1-3H3,(H,30,32)/t25-/m1/s1. The Hall–Kier alpha value is -1.98. The Morgan fingerprint density at radius 1 is 1.09 bits per heavy atom. The smallest absolute Gasteiger partial charge is 0.226 e. The predicted molar refractivity (Wildman–Crippen MR) is 141 cm³/mol. The molecule has 1 saturated carbocycles. The van der Waals surface area contributed by atoms with Crippen molar-refractivity contribution < 1.29 is 4.79 Å². The number of amides is 1. The lowest BCUT2D eigenvalue weighted by Gasteiger charge is -2.31. The maximum Gasteiger partial charge on any atom is 0.226 e. The molecule has 3 N–H and O–H groups in total. The van der Waals surface area contributed by atoms with Crippen LogP contribution in [0.3, 0.4) is 0 Å². The number of nitrogens with one attached hydrogen (secondary N) is 1. The number of benzene rings is 2. The van der Waals surface area contributed by atoms with Crippen LogP contribution >= 0.6 is 11.9 Å². The SMILES string of the molecule is CCC1(C(=O)N[C@H](CCN(CC(C)C)Sc2ccc(N)cc2)Cc2ccccc2)CCCC1. The van der Waals surface area contributed by atoms with Gasteiger partial charge in [0, 0.05) is 35.1 Å². The summed E-state index contributed by atoms with van der Waals surface area (Å²) in [5, 5.41) is 3.49.